The molecule has 0 amide bonds. The van der Waals surface area contributed by atoms with Gasteiger partial charge in [-0.05, 0) is 86.6 Å². The lowest BCUT2D eigenvalue weighted by atomic mass is 9.95. The van der Waals surface area contributed by atoms with Crippen molar-refractivity contribution in [1.29, 1.82) is 0 Å². The predicted octanol–water partition coefficient (Wildman–Crippen LogP) is 5.59. The third kappa shape index (κ3) is 3.13. The summed E-state index contributed by atoms with van der Waals surface area (Å²) in [6.45, 7) is 13.2. The Hall–Kier alpha value is -2.35. The minimum Gasteiger partial charge on any atom is -0.494 e. The van der Waals surface area contributed by atoms with E-state index in [4.69, 9.17) is 4.74 Å². The molecule has 0 spiro atoms. The number of benzene rings is 2. The van der Waals surface area contributed by atoms with Crippen LogP contribution >= 0.6 is 0 Å². The largest absolute Gasteiger partial charge is 0.494 e. The van der Waals surface area contributed by atoms with Gasteiger partial charge in [0.25, 0.3) is 0 Å². The lowest BCUT2D eigenvalue weighted by Gasteiger charge is -2.12. The van der Waals surface area contributed by atoms with Crippen LogP contribution in [-0.4, -0.2) is 6.61 Å². The number of ether oxygens (including phenoxy) is 1. The molecule has 3 aromatic carbocycles. The van der Waals surface area contributed by atoms with Crippen molar-refractivity contribution >= 4 is 0 Å². The van der Waals surface area contributed by atoms with Crippen LogP contribution in [0.1, 0.15) is 41.2 Å². The Morgan fingerprint density at radius 3 is 1.60 bits per heavy atom. The third-order valence-corrected chi connectivity index (χ3v) is 4.80. The molecule has 0 N–H and O–H groups in total. The fourth-order valence-electron chi connectivity index (χ4n) is 3.84. The molecule has 3 aromatic rings. The van der Waals surface area contributed by atoms with Gasteiger partial charge in [0.15, 0.2) is 5.43 Å². The van der Waals surface area contributed by atoms with Crippen LogP contribution in [0.15, 0.2) is 29.1 Å². The normalized spacial score (nSPS) is 11.3. The second-order valence-electron chi connectivity index (χ2n) is 7.13. The Morgan fingerprint density at radius 2 is 1.16 bits per heavy atom. The van der Waals surface area contributed by atoms with Gasteiger partial charge >= 0.3 is 0 Å². The van der Waals surface area contributed by atoms with Gasteiger partial charge in [0.05, 0.1) is 6.61 Å². The minimum atomic E-state index is 0.184. The summed E-state index contributed by atoms with van der Waals surface area (Å²) < 4.78 is 5.76. The van der Waals surface area contributed by atoms with E-state index in [0.29, 0.717) is 6.61 Å². The molecular weight excluding hydrogens is 308 g/mol. The van der Waals surface area contributed by atoms with Gasteiger partial charge in [-0.2, -0.15) is 0 Å². The fraction of sp³-hybridized carbons (Fsp3) is 0.348. The van der Waals surface area contributed by atoms with E-state index in [1.54, 1.807) is 0 Å². The van der Waals surface area contributed by atoms with Gasteiger partial charge in [-0.3, -0.25) is 4.79 Å². The second kappa shape index (κ2) is 6.51. The first kappa shape index (κ1) is 17.5. The van der Waals surface area contributed by atoms with Crippen LogP contribution in [0.4, 0.5) is 0 Å². The van der Waals surface area contributed by atoms with Crippen molar-refractivity contribution in [2.75, 3.05) is 6.61 Å². The highest BCUT2D eigenvalue weighted by Crippen LogP contribution is 2.42. The smallest absolute Gasteiger partial charge is 0.195 e. The number of rotatable bonds is 5. The number of hydrogen-bond donors (Lipinski definition) is 0. The Morgan fingerprint density at radius 1 is 0.720 bits per heavy atom. The maximum absolute atomic E-state index is 12.7. The fourth-order valence-corrected chi connectivity index (χ4v) is 3.84. The van der Waals surface area contributed by atoms with E-state index < -0.39 is 0 Å². The number of aryl methyl sites for hydroxylation is 5. The summed E-state index contributed by atoms with van der Waals surface area (Å²) in [7, 11) is 0. The van der Waals surface area contributed by atoms with Gasteiger partial charge < -0.3 is 4.74 Å². The summed E-state index contributed by atoms with van der Waals surface area (Å²) >= 11 is 0. The molecule has 0 saturated carbocycles. The van der Waals surface area contributed by atoms with Gasteiger partial charge in [-0.25, -0.2) is 0 Å². The minimum absolute atomic E-state index is 0.184. The maximum atomic E-state index is 12.7. The average Bonchev–Trinajstić information content (AvgIpc) is 3.14. The molecule has 0 aromatic heterocycles. The summed E-state index contributed by atoms with van der Waals surface area (Å²) in [5.74, 6) is 0.888. The van der Waals surface area contributed by atoms with E-state index in [0.717, 1.165) is 45.6 Å². The van der Waals surface area contributed by atoms with Gasteiger partial charge in [-0.15, -0.1) is 0 Å². The lowest BCUT2D eigenvalue weighted by Crippen LogP contribution is -1.97. The number of hydrogen-bond acceptors (Lipinski definition) is 2. The van der Waals surface area contributed by atoms with Crippen LogP contribution < -0.4 is 10.2 Å². The van der Waals surface area contributed by atoms with E-state index in [9.17, 15) is 4.79 Å². The third-order valence-electron chi connectivity index (χ3n) is 4.80. The summed E-state index contributed by atoms with van der Waals surface area (Å²) in [6, 6.07) is 8.39. The van der Waals surface area contributed by atoms with Gasteiger partial charge in [0.1, 0.15) is 5.75 Å². The summed E-state index contributed by atoms with van der Waals surface area (Å²) in [6.07, 6.45) is 0.986. The van der Waals surface area contributed by atoms with Crippen LogP contribution in [0.5, 0.6) is 5.75 Å². The van der Waals surface area contributed by atoms with Gasteiger partial charge in [0, 0.05) is 11.1 Å². The van der Waals surface area contributed by atoms with Crippen molar-refractivity contribution in [3.05, 3.63) is 62.3 Å². The molecule has 3 rings (SSSR count). The van der Waals surface area contributed by atoms with Crippen molar-refractivity contribution in [2.45, 2.75) is 48.0 Å². The predicted molar refractivity (Wildman–Crippen MR) is 105 cm³/mol. The molecule has 0 unspecified atom stereocenters. The Labute approximate surface area is 150 Å². The molecule has 0 saturated heterocycles. The Kier molecular flexibility index (Phi) is 4.55. The van der Waals surface area contributed by atoms with Crippen LogP contribution in [-0.2, 0) is 0 Å². The maximum Gasteiger partial charge on any atom is 0.195 e. The van der Waals surface area contributed by atoms with Crippen molar-refractivity contribution in [1.82, 2.24) is 0 Å². The molecule has 0 aliphatic carbocycles. The Bertz CT molecular complexity index is 907. The molecular formula is C23H26O2. The lowest BCUT2D eigenvalue weighted by molar-refractivity contribution is 0.317. The van der Waals surface area contributed by atoms with Crippen molar-refractivity contribution in [3.8, 4) is 28.0 Å². The molecule has 0 atom stereocenters. The quantitative estimate of drug-likeness (QED) is 0.608. The van der Waals surface area contributed by atoms with E-state index in [1.807, 2.05) is 12.1 Å². The molecule has 0 fully saturated rings. The molecule has 25 heavy (non-hydrogen) atoms. The average molecular weight is 334 g/mol. The molecule has 0 aliphatic heterocycles. The summed E-state index contributed by atoms with van der Waals surface area (Å²) in [4.78, 5) is 12.7. The first-order valence-electron chi connectivity index (χ1n) is 8.96. The zero-order valence-electron chi connectivity index (χ0n) is 16.0. The van der Waals surface area contributed by atoms with E-state index in [-0.39, 0.29) is 5.43 Å². The van der Waals surface area contributed by atoms with E-state index in [2.05, 4.69) is 53.7 Å². The highest BCUT2D eigenvalue weighted by Gasteiger charge is 2.29. The Balaban J connectivity index is 2.06. The standard InChI is InChI=1S/C23H26O2/c1-7-8-25-18-11-16(5)20(17(6)12-18)22-21(23(22)24)19-14(3)9-13(2)10-15(19)4/h9-12H,7-8H2,1-6H3. The van der Waals surface area contributed by atoms with Crippen LogP contribution in [0.2, 0.25) is 0 Å². The monoisotopic (exact) mass is 334 g/mol. The van der Waals surface area contributed by atoms with Crippen LogP contribution in [0.25, 0.3) is 22.3 Å². The highest BCUT2D eigenvalue weighted by molar-refractivity contribution is 5.98. The van der Waals surface area contributed by atoms with Gasteiger partial charge in [-0.1, -0.05) is 24.6 Å². The molecule has 2 nitrogen and oxygen atoms in total. The van der Waals surface area contributed by atoms with Crippen molar-refractivity contribution < 1.29 is 4.74 Å². The molecule has 0 aliphatic rings. The topological polar surface area (TPSA) is 26.3 Å². The van der Waals surface area contributed by atoms with Crippen LogP contribution in [0.3, 0.4) is 0 Å². The second-order valence-corrected chi connectivity index (χ2v) is 7.13. The van der Waals surface area contributed by atoms with Crippen molar-refractivity contribution in [3.63, 3.8) is 0 Å². The zero-order chi connectivity index (χ0) is 18.3. The van der Waals surface area contributed by atoms with Gasteiger partial charge in [0.2, 0.25) is 0 Å². The van der Waals surface area contributed by atoms with Crippen molar-refractivity contribution in [2.24, 2.45) is 0 Å². The summed E-state index contributed by atoms with van der Waals surface area (Å²) in [5.41, 5.74) is 9.93. The van der Waals surface area contributed by atoms with Crippen LogP contribution in [0, 0.1) is 34.6 Å². The molecule has 130 valence electrons. The molecule has 2 heteroatoms. The SMILES string of the molecule is CCCOc1cc(C)c(-c2c(-c3c(C)cc(C)cc3C)c2=O)c(C)c1. The zero-order valence-corrected chi connectivity index (χ0v) is 16.0. The summed E-state index contributed by atoms with van der Waals surface area (Å²) in [5, 5.41) is 0. The van der Waals surface area contributed by atoms with E-state index >= 15 is 0 Å². The molecule has 0 radical (unpaired) electrons. The first-order valence-corrected chi connectivity index (χ1v) is 8.96. The first-order chi connectivity index (χ1) is 11.8. The highest BCUT2D eigenvalue weighted by atomic mass is 16.5. The molecule has 0 heterocycles. The molecule has 0 bridgehead atoms. The van der Waals surface area contributed by atoms with E-state index in [1.165, 1.54) is 16.7 Å².